The lowest BCUT2D eigenvalue weighted by molar-refractivity contribution is 0.00700. The predicted octanol–water partition coefficient (Wildman–Crippen LogP) is 3.90. The Hall–Kier alpha value is -1.75. The zero-order valence-corrected chi connectivity index (χ0v) is 11.8. The maximum Gasteiger partial charge on any atom is 0.339 e. The van der Waals surface area contributed by atoms with Crippen LogP contribution >= 0.6 is 11.3 Å². The van der Waals surface area contributed by atoms with Gasteiger partial charge >= 0.3 is 5.97 Å². The molecule has 1 aromatic heterocycles. The van der Waals surface area contributed by atoms with Crippen LogP contribution in [0.3, 0.4) is 0 Å². The third kappa shape index (κ3) is 3.17. The van der Waals surface area contributed by atoms with Gasteiger partial charge in [-0.05, 0) is 32.9 Å². The maximum absolute atomic E-state index is 14.0. The minimum atomic E-state index is -0.621. The Kier molecular flexibility index (Phi) is 3.66. The van der Waals surface area contributed by atoms with Crippen molar-refractivity contribution < 1.29 is 13.9 Å². The van der Waals surface area contributed by atoms with Gasteiger partial charge in [-0.2, -0.15) is 0 Å². The molecule has 19 heavy (non-hydrogen) atoms. The summed E-state index contributed by atoms with van der Waals surface area (Å²) in [5.74, 6) is -1.02. The molecule has 5 heteroatoms. The summed E-state index contributed by atoms with van der Waals surface area (Å²) in [4.78, 5) is 16.2. The van der Waals surface area contributed by atoms with Gasteiger partial charge in [0.25, 0.3) is 0 Å². The number of nitrogens with zero attached hydrogens (tertiary/aromatic N) is 1. The summed E-state index contributed by atoms with van der Waals surface area (Å²) in [5.41, 5.74) is -0.222. The van der Waals surface area contributed by atoms with Gasteiger partial charge in [0.15, 0.2) is 0 Å². The smallest absolute Gasteiger partial charge is 0.339 e. The molecule has 2 aromatic rings. The van der Waals surface area contributed by atoms with Crippen molar-refractivity contribution in [3.8, 4) is 10.6 Å². The van der Waals surface area contributed by atoms with Crippen LogP contribution in [-0.2, 0) is 4.74 Å². The first-order chi connectivity index (χ1) is 8.88. The highest BCUT2D eigenvalue weighted by atomic mass is 32.1. The van der Waals surface area contributed by atoms with E-state index < -0.39 is 17.4 Å². The van der Waals surface area contributed by atoms with E-state index in [-0.39, 0.29) is 11.1 Å². The third-order valence-corrected chi connectivity index (χ3v) is 3.07. The number of carbonyl (C=O) groups is 1. The van der Waals surface area contributed by atoms with Crippen molar-refractivity contribution in [1.29, 1.82) is 0 Å². The zero-order chi connectivity index (χ0) is 14.0. The van der Waals surface area contributed by atoms with E-state index in [0.717, 1.165) is 0 Å². The Balaban J connectivity index is 2.47. The summed E-state index contributed by atoms with van der Waals surface area (Å²) in [7, 11) is 0. The lowest BCUT2D eigenvalue weighted by Crippen LogP contribution is -2.24. The van der Waals surface area contributed by atoms with E-state index in [1.165, 1.54) is 23.5 Å². The van der Waals surface area contributed by atoms with Gasteiger partial charge in [0.2, 0.25) is 0 Å². The van der Waals surface area contributed by atoms with Crippen LogP contribution in [0.1, 0.15) is 31.1 Å². The second-order valence-corrected chi connectivity index (χ2v) is 5.90. The van der Waals surface area contributed by atoms with Crippen molar-refractivity contribution in [2.45, 2.75) is 26.4 Å². The normalized spacial score (nSPS) is 11.4. The van der Waals surface area contributed by atoms with E-state index in [0.29, 0.717) is 5.01 Å². The van der Waals surface area contributed by atoms with Crippen LogP contribution in [0, 0.1) is 5.82 Å². The van der Waals surface area contributed by atoms with Crippen LogP contribution in [-0.4, -0.2) is 16.6 Å². The van der Waals surface area contributed by atoms with Crippen LogP contribution < -0.4 is 0 Å². The molecule has 0 aliphatic rings. The predicted molar refractivity (Wildman–Crippen MR) is 72.7 cm³/mol. The maximum atomic E-state index is 14.0. The summed E-state index contributed by atoms with van der Waals surface area (Å²) in [6.07, 6.45) is 1.57. The van der Waals surface area contributed by atoms with Crippen molar-refractivity contribution in [2.24, 2.45) is 0 Å². The second-order valence-electron chi connectivity index (χ2n) is 5.00. The van der Waals surface area contributed by atoms with Crippen molar-refractivity contribution in [1.82, 2.24) is 4.98 Å². The van der Waals surface area contributed by atoms with E-state index in [4.69, 9.17) is 4.74 Å². The summed E-state index contributed by atoms with van der Waals surface area (Å²) < 4.78 is 19.3. The number of halogens is 1. The van der Waals surface area contributed by atoms with Gasteiger partial charge in [-0.3, -0.25) is 0 Å². The molecule has 0 N–H and O–H groups in total. The van der Waals surface area contributed by atoms with E-state index in [2.05, 4.69) is 4.98 Å². The molecule has 0 spiro atoms. The minimum Gasteiger partial charge on any atom is -0.456 e. The number of benzene rings is 1. The molecule has 0 amide bonds. The van der Waals surface area contributed by atoms with Crippen molar-refractivity contribution >= 4 is 17.3 Å². The van der Waals surface area contributed by atoms with Crippen molar-refractivity contribution in [3.05, 3.63) is 41.2 Å². The number of carbonyl (C=O) groups excluding carboxylic acids is 1. The zero-order valence-electron chi connectivity index (χ0n) is 10.9. The van der Waals surface area contributed by atoms with E-state index in [9.17, 15) is 9.18 Å². The van der Waals surface area contributed by atoms with Crippen LogP contribution in [0.2, 0.25) is 0 Å². The fourth-order valence-electron chi connectivity index (χ4n) is 1.59. The van der Waals surface area contributed by atoms with Gasteiger partial charge in [-0.15, -0.1) is 11.3 Å². The molecule has 100 valence electrons. The highest BCUT2D eigenvalue weighted by molar-refractivity contribution is 7.13. The van der Waals surface area contributed by atoms with Gasteiger partial charge in [0, 0.05) is 11.6 Å². The molecule has 0 unspecified atom stereocenters. The molecule has 3 nitrogen and oxygen atoms in total. The Morgan fingerprint density at radius 3 is 2.68 bits per heavy atom. The molecule has 0 atom stereocenters. The lowest BCUT2D eigenvalue weighted by atomic mass is 10.1. The quantitative estimate of drug-likeness (QED) is 0.782. The molecule has 0 saturated heterocycles. The van der Waals surface area contributed by atoms with Gasteiger partial charge in [-0.25, -0.2) is 14.2 Å². The molecule has 0 aliphatic heterocycles. The molecule has 0 aliphatic carbocycles. The van der Waals surface area contributed by atoms with Crippen LogP contribution in [0.5, 0.6) is 0 Å². The number of ether oxygens (including phenoxy) is 1. The highest BCUT2D eigenvalue weighted by Gasteiger charge is 2.23. The Bertz CT molecular complexity index is 588. The molecule has 1 aromatic carbocycles. The molecule has 0 fully saturated rings. The van der Waals surface area contributed by atoms with Gasteiger partial charge in [0.05, 0.1) is 11.1 Å². The summed E-state index contributed by atoms with van der Waals surface area (Å²) in [6, 6.07) is 4.35. The number of hydrogen-bond acceptors (Lipinski definition) is 4. The molecular weight excluding hydrogens is 265 g/mol. The number of aromatic nitrogens is 1. The number of esters is 1. The second kappa shape index (κ2) is 5.09. The van der Waals surface area contributed by atoms with Gasteiger partial charge in [0.1, 0.15) is 16.4 Å². The first kappa shape index (κ1) is 13.7. The topological polar surface area (TPSA) is 39.2 Å². The first-order valence-electron chi connectivity index (χ1n) is 5.80. The minimum absolute atomic E-state index is 0.199. The average molecular weight is 279 g/mol. The highest BCUT2D eigenvalue weighted by Crippen LogP contribution is 2.29. The Labute approximate surface area is 115 Å². The van der Waals surface area contributed by atoms with Crippen LogP contribution in [0.4, 0.5) is 4.39 Å². The standard InChI is InChI=1S/C14H14FNO2S/c1-14(2,3)18-13(17)9-5-4-6-10(15)11(9)12-16-7-8-19-12/h4-8H,1-3H3. The monoisotopic (exact) mass is 279 g/mol. The first-order valence-corrected chi connectivity index (χ1v) is 6.68. The van der Waals surface area contributed by atoms with Crippen molar-refractivity contribution in [3.63, 3.8) is 0 Å². The fraction of sp³-hybridized carbons (Fsp3) is 0.286. The third-order valence-electron chi connectivity index (χ3n) is 2.28. The molecule has 0 radical (unpaired) electrons. The van der Waals surface area contributed by atoms with E-state index in [1.54, 1.807) is 38.4 Å². The fourth-order valence-corrected chi connectivity index (χ4v) is 2.29. The number of thiazole rings is 1. The van der Waals surface area contributed by atoms with Gasteiger partial charge < -0.3 is 4.74 Å². The number of hydrogen-bond donors (Lipinski definition) is 0. The molecule has 1 heterocycles. The largest absolute Gasteiger partial charge is 0.456 e. The molecule has 0 saturated carbocycles. The lowest BCUT2D eigenvalue weighted by Gasteiger charge is -2.20. The summed E-state index contributed by atoms with van der Waals surface area (Å²) in [6.45, 7) is 5.31. The molecular formula is C14H14FNO2S. The summed E-state index contributed by atoms with van der Waals surface area (Å²) >= 11 is 1.28. The molecule has 0 bridgehead atoms. The van der Waals surface area contributed by atoms with Crippen molar-refractivity contribution in [2.75, 3.05) is 0 Å². The molecule has 2 rings (SSSR count). The van der Waals surface area contributed by atoms with Gasteiger partial charge in [-0.1, -0.05) is 6.07 Å². The number of rotatable bonds is 2. The average Bonchev–Trinajstić information content (AvgIpc) is 2.79. The van der Waals surface area contributed by atoms with Crippen LogP contribution in [0.25, 0.3) is 10.6 Å². The van der Waals surface area contributed by atoms with Crippen LogP contribution in [0.15, 0.2) is 29.8 Å². The van der Waals surface area contributed by atoms with E-state index >= 15 is 0 Å². The summed E-state index contributed by atoms with van der Waals surface area (Å²) in [5, 5.41) is 2.21. The Morgan fingerprint density at radius 2 is 2.11 bits per heavy atom. The Morgan fingerprint density at radius 1 is 1.37 bits per heavy atom. The SMILES string of the molecule is CC(C)(C)OC(=O)c1cccc(F)c1-c1nccs1. The van der Waals surface area contributed by atoms with E-state index in [1.807, 2.05) is 0 Å².